The van der Waals surface area contributed by atoms with Gasteiger partial charge in [-0.15, -0.1) is 0 Å². The van der Waals surface area contributed by atoms with Crippen molar-refractivity contribution in [3.63, 3.8) is 0 Å². The first-order valence-corrected chi connectivity index (χ1v) is 18.1. The van der Waals surface area contributed by atoms with Crippen LogP contribution in [-0.4, -0.2) is 74.9 Å². The molecule has 1 saturated carbocycles. The number of benzene rings is 3. The zero-order valence-electron chi connectivity index (χ0n) is 28.7. The third-order valence-corrected chi connectivity index (χ3v) is 11.1. The number of rotatable bonds is 7. The average molecular weight is 735 g/mol. The maximum Gasteiger partial charge on any atom is 0.262 e. The molecule has 13 nitrogen and oxygen atoms in total. The van der Waals surface area contributed by atoms with E-state index in [0.29, 0.717) is 48.1 Å². The lowest BCUT2D eigenvalue weighted by Crippen LogP contribution is -2.54. The second-order valence-corrected chi connectivity index (χ2v) is 14.7. The van der Waals surface area contributed by atoms with Crippen molar-refractivity contribution in [1.29, 1.82) is 5.26 Å². The van der Waals surface area contributed by atoms with Gasteiger partial charge < -0.3 is 15.0 Å². The first kappa shape index (κ1) is 34.5. The van der Waals surface area contributed by atoms with Gasteiger partial charge in [-0.3, -0.25) is 43.9 Å². The van der Waals surface area contributed by atoms with E-state index >= 15 is 0 Å². The van der Waals surface area contributed by atoms with Gasteiger partial charge in [0.2, 0.25) is 17.7 Å². The van der Waals surface area contributed by atoms with Crippen LogP contribution in [0.4, 0.5) is 0 Å². The van der Waals surface area contributed by atoms with E-state index in [4.69, 9.17) is 21.6 Å². The fraction of sp³-hybridized carbons (Fsp3) is 0.359. The third kappa shape index (κ3) is 6.64. The number of carbonyl (C=O) groups excluding carboxylic acids is 6. The van der Waals surface area contributed by atoms with Gasteiger partial charge in [-0.2, -0.15) is 5.26 Å². The highest BCUT2D eigenvalue weighted by molar-refractivity contribution is 6.31. The van der Waals surface area contributed by atoms with Gasteiger partial charge in [0.15, 0.2) is 0 Å². The number of amides is 6. The summed E-state index contributed by atoms with van der Waals surface area (Å²) in [6.45, 7) is 1.84. The molecular formula is C39H35ClN6O7. The molecule has 2 N–H and O–H groups in total. The molecule has 0 radical (unpaired) electrons. The number of halogens is 1. The fourth-order valence-corrected chi connectivity index (χ4v) is 8.21. The topological polar surface area (TPSA) is 169 Å². The number of nitriles is 1. The molecule has 4 aliphatic heterocycles. The van der Waals surface area contributed by atoms with E-state index < -0.39 is 29.7 Å². The smallest absolute Gasteiger partial charge is 0.262 e. The van der Waals surface area contributed by atoms with Crippen molar-refractivity contribution in [3.05, 3.63) is 98.1 Å². The van der Waals surface area contributed by atoms with E-state index in [9.17, 15) is 28.8 Å². The van der Waals surface area contributed by atoms with Crippen LogP contribution < -0.4 is 15.4 Å². The Balaban J connectivity index is 0.825. The van der Waals surface area contributed by atoms with Gasteiger partial charge in [0.1, 0.15) is 17.9 Å². The van der Waals surface area contributed by atoms with E-state index in [-0.39, 0.29) is 54.5 Å². The Bertz CT molecular complexity index is 2110. The highest BCUT2D eigenvalue weighted by Crippen LogP contribution is 2.34. The molecule has 3 aromatic carbocycles. The fourth-order valence-electron chi connectivity index (χ4n) is 8.00. The summed E-state index contributed by atoms with van der Waals surface area (Å²) in [6.07, 6.45) is 3.23. The van der Waals surface area contributed by atoms with Crippen LogP contribution in [0.15, 0.2) is 48.5 Å². The first-order chi connectivity index (χ1) is 25.5. The molecule has 270 valence electrons. The molecular weight excluding hydrogens is 700 g/mol. The van der Waals surface area contributed by atoms with E-state index in [2.05, 4.69) is 10.6 Å². The summed E-state index contributed by atoms with van der Waals surface area (Å²) in [4.78, 5) is 81.9. The van der Waals surface area contributed by atoms with Crippen molar-refractivity contribution >= 4 is 47.0 Å². The Morgan fingerprint density at radius 1 is 0.849 bits per heavy atom. The number of fused-ring (bicyclic) bond motifs is 3. The molecule has 6 amide bonds. The van der Waals surface area contributed by atoms with Gasteiger partial charge in [-0.25, -0.2) is 0 Å². The summed E-state index contributed by atoms with van der Waals surface area (Å²) in [5, 5.41) is 14.8. The highest BCUT2D eigenvalue weighted by atomic mass is 35.5. The monoisotopic (exact) mass is 734 g/mol. The second kappa shape index (κ2) is 13.8. The van der Waals surface area contributed by atoms with Crippen LogP contribution in [0.5, 0.6) is 5.75 Å². The molecule has 4 heterocycles. The van der Waals surface area contributed by atoms with Crippen LogP contribution in [-0.2, 0) is 40.6 Å². The summed E-state index contributed by atoms with van der Waals surface area (Å²) in [5.74, 6) is -1.77. The molecule has 1 saturated heterocycles. The Hall–Kier alpha value is -5.58. The van der Waals surface area contributed by atoms with Gasteiger partial charge in [0.25, 0.3) is 17.7 Å². The average Bonchev–Trinajstić information content (AvgIpc) is 3.81. The van der Waals surface area contributed by atoms with Crippen molar-refractivity contribution in [2.75, 3.05) is 6.54 Å². The largest absolute Gasteiger partial charge is 0.490 e. The Labute approximate surface area is 309 Å². The Kier molecular flexibility index (Phi) is 8.96. The minimum atomic E-state index is -1.02. The number of ether oxygens (including phenoxy) is 1. The van der Waals surface area contributed by atoms with E-state index in [1.165, 1.54) is 0 Å². The van der Waals surface area contributed by atoms with E-state index in [0.717, 1.165) is 52.8 Å². The molecule has 8 rings (SSSR count). The van der Waals surface area contributed by atoms with Gasteiger partial charge in [-0.1, -0.05) is 17.7 Å². The summed E-state index contributed by atoms with van der Waals surface area (Å²) >= 11 is 6.14. The standard InChI is InChI=1S/C39H35ClN6O7/c40-32-14-29(6-3-22(32)15-41)53-28-7-4-27(5-8-28)42-36(49)21-1-2-23-18-45(19-24(23)11-21)35(48)20-44-16-25-12-30-31(13-26(25)17-44)39(52)46(38(30)51)33-9-10-34(47)43-37(33)50/h1-3,6,11-14,27-28,33H,4-5,7-10,16-20H2,(H,42,49)(H,43,47,50)/t27-,28-,33?. The van der Waals surface area contributed by atoms with E-state index in [1.807, 2.05) is 23.1 Å². The van der Waals surface area contributed by atoms with Gasteiger partial charge in [-0.05, 0) is 90.8 Å². The molecule has 1 atom stereocenters. The lowest BCUT2D eigenvalue weighted by Gasteiger charge is -2.29. The minimum absolute atomic E-state index is 0.00241. The number of nitrogens with zero attached hydrogens (tertiary/aromatic N) is 4. The molecule has 0 spiro atoms. The number of nitrogens with one attached hydrogen (secondary N) is 2. The number of carbonyl (C=O) groups is 6. The zero-order valence-corrected chi connectivity index (χ0v) is 29.4. The van der Waals surface area contributed by atoms with E-state index in [1.54, 1.807) is 41.3 Å². The lowest BCUT2D eigenvalue weighted by molar-refractivity contribution is -0.136. The van der Waals surface area contributed by atoms with Crippen molar-refractivity contribution in [1.82, 2.24) is 25.3 Å². The summed E-state index contributed by atoms with van der Waals surface area (Å²) in [6, 6.07) is 15.0. The SMILES string of the molecule is N#Cc1ccc(O[C@H]2CC[C@H](NC(=O)c3ccc4c(c3)CN(C(=O)CN3Cc5cc6c(cc5C3)C(=O)N(C3CCC(=O)NC3=O)C6=O)C4)CC2)cc1Cl. The predicted octanol–water partition coefficient (Wildman–Crippen LogP) is 3.59. The molecule has 5 aliphatic rings. The quantitative estimate of drug-likeness (QED) is 0.345. The van der Waals surface area contributed by atoms with Crippen LogP contribution in [0.25, 0.3) is 0 Å². The maximum atomic E-state index is 13.5. The van der Waals surface area contributed by atoms with Crippen LogP contribution in [0.2, 0.25) is 5.02 Å². The molecule has 1 unspecified atom stereocenters. The van der Waals surface area contributed by atoms with Crippen molar-refractivity contribution in [2.24, 2.45) is 0 Å². The molecule has 0 aromatic heterocycles. The number of hydrogen-bond acceptors (Lipinski definition) is 9. The van der Waals surface area contributed by atoms with Gasteiger partial charge >= 0.3 is 0 Å². The van der Waals surface area contributed by atoms with Crippen LogP contribution >= 0.6 is 11.6 Å². The number of hydrogen-bond donors (Lipinski definition) is 2. The Morgan fingerprint density at radius 2 is 1.53 bits per heavy atom. The first-order valence-electron chi connectivity index (χ1n) is 17.7. The van der Waals surface area contributed by atoms with Crippen molar-refractivity contribution in [3.8, 4) is 11.8 Å². The summed E-state index contributed by atoms with van der Waals surface area (Å²) in [5.41, 5.74) is 5.03. The summed E-state index contributed by atoms with van der Waals surface area (Å²) in [7, 11) is 0. The molecule has 0 bridgehead atoms. The Morgan fingerprint density at radius 3 is 2.19 bits per heavy atom. The minimum Gasteiger partial charge on any atom is -0.490 e. The molecule has 53 heavy (non-hydrogen) atoms. The highest BCUT2D eigenvalue weighted by Gasteiger charge is 2.45. The summed E-state index contributed by atoms with van der Waals surface area (Å²) < 4.78 is 6.08. The molecule has 3 aromatic rings. The number of piperidine rings is 1. The third-order valence-electron chi connectivity index (χ3n) is 10.8. The van der Waals surface area contributed by atoms with Crippen LogP contribution in [0.1, 0.15) is 97.4 Å². The zero-order chi connectivity index (χ0) is 37.0. The normalized spacial score (nSPS) is 22.2. The molecule has 1 aliphatic carbocycles. The van der Waals surface area contributed by atoms with Crippen LogP contribution in [0, 0.1) is 11.3 Å². The second-order valence-electron chi connectivity index (χ2n) is 14.3. The van der Waals surface area contributed by atoms with Crippen molar-refractivity contribution < 1.29 is 33.5 Å². The van der Waals surface area contributed by atoms with Gasteiger partial charge in [0, 0.05) is 50.3 Å². The predicted molar refractivity (Wildman–Crippen MR) is 188 cm³/mol. The van der Waals surface area contributed by atoms with Crippen LogP contribution in [0.3, 0.4) is 0 Å². The molecule has 14 heteroatoms. The number of imide groups is 2. The van der Waals surface area contributed by atoms with Gasteiger partial charge in [0.05, 0.1) is 34.4 Å². The lowest BCUT2D eigenvalue weighted by atomic mass is 9.92. The maximum absolute atomic E-state index is 13.5. The van der Waals surface area contributed by atoms with Crippen molar-refractivity contribution in [2.45, 2.75) is 82.9 Å². The molecule has 2 fully saturated rings.